The lowest BCUT2D eigenvalue weighted by molar-refractivity contribution is 0.297. The first kappa shape index (κ1) is 14.4. The van der Waals surface area contributed by atoms with Crippen molar-refractivity contribution in [1.29, 1.82) is 0 Å². The van der Waals surface area contributed by atoms with Gasteiger partial charge in [0.2, 0.25) is 0 Å². The predicted octanol–water partition coefficient (Wildman–Crippen LogP) is 3.47. The number of rotatable bonds is 5. The lowest BCUT2D eigenvalue weighted by Gasteiger charge is -2.08. The van der Waals surface area contributed by atoms with Crippen LogP contribution in [0.3, 0.4) is 0 Å². The summed E-state index contributed by atoms with van der Waals surface area (Å²) in [5.41, 5.74) is 2.08. The minimum absolute atomic E-state index is 0.708. The van der Waals surface area contributed by atoms with Crippen molar-refractivity contribution in [2.45, 2.75) is 26.3 Å². The molecule has 0 atom stereocenters. The molecule has 1 aliphatic heterocycles. The Kier molecular flexibility index (Phi) is 4.72. The quantitative estimate of drug-likeness (QED) is 0.859. The van der Waals surface area contributed by atoms with Crippen LogP contribution < -0.4 is 14.8 Å². The van der Waals surface area contributed by atoms with Crippen LogP contribution >= 0.6 is 11.3 Å². The highest BCUT2D eigenvalue weighted by molar-refractivity contribution is 7.09. The van der Waals surface area contributed by atoms with E-state index >= 15 is 0 Å². The summed E-state index contributed by atoms with van der Waals surface area (Å²) in [5, 5.41) is 6.59. The highest BCUT2D eigenvalue weighted by Crippen LogP contribution is 2.34. The Hall–Kier alpha value is -1.59. The Balaban J connectivity index is 1.76. The molecule has 0 aliphatic carbocycles. The summed E-state index contributed by atoms with van der Waals surface area (Å²) in [6, 6.07) is 6.05. The van der Waals surface area contributed by atoms with E-state index in [1.165, 1.54) is 0 Å². The molecule has 2 aromatic rings. The molecule has 2 heterocycles. The van der Waals surface area contributed by atoms with Crippen molar-refractivity contribution in [3.63, 3.8) is 0 Å². The number of benzene rings is 1. The van der Waals surface area contributed by atoms with E-state index in [9.17, 15) is 0 Å². The van der Waals surface area contributed by atoms with Crippen LogP contribution in [0, 0.1) is 0 Å². The zero-order valence-corrected chi connectivity index (χ0v) is 13.0. The monoisotopic (exact) mass is 304 g/mol. The maximum absolute atomic E-state index is 5.74. The fraction of sp³-hybridized carbons (Fsp3) is 0.438. The van der Waals surface area contributed by atoms with E-state index in [1.54, 1.807) is 11.3 Å². The molecule has 1 aliphatic rings. The van der Waals surface area contributed by atoms with Gasteiger partial charge in [-0.05, 0) is 31.2 Å². The van der Waals surface area contributed by atoms with E-state index in [0.29, 0.717) is 6.61 Å². The summed E-state index contributed by atoms with van der Waals surface area (Å²) >= 11 is 1.69. The first-order valence-electron chi connectivity index (χ1n) is 7.42. The average Bonchev–Trinajstić information content (AvgIpc) is 2.85. The van der Waals surface area contributed by atoms with Gasteiger partial charge in [-0.2, -0.15) is 0 Å². The minimum Gasteiger partial charge on any atom is -0.490 e. The Morgan fingerprint density at radius 1 is 1.24 bits per heavy atom. The predicted molar refractivity (Wildman–Crippen MR) is 85.2 cm³/mol. The first-order chi connectivity index (χ1) is 10.4. The Bertz CT molecular complexity index is 598. The third kappa shape index (κ3) is 3.54. The summed E-state index contributed by atoms with van der Waals surface area (Å²) in [6.07, 6.45) is 2.06. The van der Waals surface area contributed by atoms with Crippen molar-refractivity contribution in [2.75, 3.05) is 19.8 Å². The molecule has 3 rings (SSSR count). The molecule has 5 heteroatoms. The van der Waals surface area contributed by atoms with Gasteiger partial charge in [-0.3, -0.25) is 0 Å². The molecule has 4 nitrogen and oxygen atoms in total. The highest BCUT2D eigenvalue weighted by Gasteiger charge is 2.12. The van der Waals surface area contributed by atoms with Gasteiger partial charge in [-0.15, -0.1) is 11.3 Å². The number of hydrogen-bond donors (Lipinski definition) is 1. The van der Waals surface area contributed by atoms with Gasteiger partial charge < -0.3 is 14.8 Å². The molecule has 0 unspecified atom stereocenters. The van der Waals surface area contributed by atoms with Crippen molar-refractivity contribution >= 4 is 11.3 Å². The van der Waals surface area contributed by atoms with Crippen LogP contribution in [0.1, 0.15) is 24.8 Å². The van der Waals surface area contributed by atoms with Crippen LogP contribution in [0.5, 0.6) is 11.5 Å². The van der Waals surface area contributed by atoms with Crippen LogP contribution in [0.2, 0.25) is 0 Å². The second-order valence-corrected chi connectivity index (χ2v) is 5.96. The zero-order valence-electron chi connectivity index (χ0n) is 12.2. The Morgan fingerprint density at radius 3 is 2.95 bits per heavy atom. The number of fused-ring (bicyclic) bond motifs is 1. The van der Waals surface area contributed by atoms with Gasteiger partial charge >= 0.3 is 0 Å². The minimum atomic E-state index is 0.708. The van der Waals surface area contributed by atoms with Gasteiger partial charge in [0.05, 0.1) is 18.9 Å². The molecule has 1 aromatic heterocycles. The molecular formula is C16H20N2O2S. The Labute approximate surface area is 129 Å². The molecule has 1 N–H and O–H groups in total. The number of ether oxygens (including phenoxy) is 2. The lowest BCUT2D eigenvalue weighted by atomic mass is 10.1. The number of nitrogens with zero attached hydrogens (tertiary/aromatic N) is 1. The molecule has 0 saturated carbocycles. The van der Waals surface area contributed by atoms with Crippen LogP contribution in [0.15, 0.2) is 23.6 Å². The van der Waals surface area contributed by atoms with Gasteiger partial charge in [0.25, 0.3) is 0 Å². The van der Waals surface area contributed by atoms with Crippen LogP contribution in [0.4, 0.5) is 0 Å². The molecular weight excluding hydrogens is 284 g/mol. The second kappa shape index (κ2) is 6.91. The van der Waals surface area contributed by atoms with Gasteiger partial charge in [0, 0.05) is 23.9 Å². The molecule has 21 heavy (non-hydrogen) atoms. The van der Waals surface area contributed by atoms with Crippen LogP contribution in [0.25, 0.3) is 11.3 Å². The van der Waals surface area contributed by atoms with Crippen molar-refractivity contribution in [3.8, 4) is 22.8 Å². The lowest BCUT2D eigenvalue weighted by Crippen LogP contribution is -2.13. The van der Waals surface area contributed by atoms with E-state index in [4.69, 9.17) is 9.47 Å². The largest absolute Gasteiger partial charge is 0.490 e. The smallest absolute Gasteiger partial charge is 0.161 e. The SMILES string of the molecule is CCCNCc1nc(-c2ccc3c(c2)OCCCO3)cs1. The van der Waals surface area contributed by atoms with Gasteiger partial charge in [0.15, 0.2) is 11.5 Å². The van der Waals surface area contributed by atoms with E-state index in [2.05, 4.69) is 22.6 Å². The normalized spacial score (nSPS) is 14.0. The fourth-order valence-electron chi connectivity index (χ4n) is 2.22. The van der Waals surface area contributed by atoms with Gasteiger partial charge in [-0.25, -0.2) is 4.98 Å². The molecule has 0 amide bonds. The Morgan fingerprint density at radius 2 is 2.10 bits per heavy atom. The van der Waals surface area contributed by atoms with E-state index in [-0.39, 0.29) is 0 Å². The number of hydrogen-bond acceptors (Lipinski definition) is 5. The number of thiazole rings is 1. The maximum Gasteiger partial charge on any atom is 0.161 e. The molecule has 0 spiro atoms. The van der Waals surface area contributed by atoms with Crippen molar-refractivity contribution in [3.05, 3.63) is 28.6 Å². The molecule has 0 bridgehead atoms. The summed E-state index contributed by atoms with van der Waals surface area (Å²) < 4.78 is 11.4. The van der Waals surface area contributed by atoms with Crippen LogP contribution in [-0.2, 0) is 6.54 Å². The molecule has 0 fully saturated rings. The van der Waals surface area contributed by atoms with Crippen molar-refractivity contribution in [2.24, 2.45) is 0 Å². The molecule has 112 valence electrons. The van der Waals surface area contributed by atoms with E-state index in [0.717, 1.165) is 60.3 Å². The third-order valence-corrected chi connectivity index (χ3v) is 4.15. The van der Waals surface area contributed by atoms with Gasteiger partial charge in [0.1, 0.15) is 5.01 Å². The van der Waals surface area contributed by atoms with Crippen LogP contribution in [-0.4, -0.2) is 24.7 Å². The fourth-order valence-corrected chi connectivity index (χ4v) is 2.99. The number of nitrogens with one attached hydrogen (secondary N) is 1. The average molecular weight is 304 g/mol. The van der Waals surface area contributed by atoms with Gasteiger partial charge in [-0.1, -0.05) is 6.92 Å². The molecule has 0 radical (unpaired) electrons. The van der Waals surface area contributed by atoms with E-state index in [1.807, 2.05) is 18.2 Å². The summed E-state index contributed by atoms with van der Waals surface area (Å²) in [5.74, 6) is 1.65. The summed E-state index contributed by atoms with van der Waals surface area (Å²) in [4.78, 5) is 4.68. The summed E-state index contributed by atoms with van der Waals surface area (Å²) in [6.45, 7) is 5.45. The van der Waals surface area contributed by atoms with Crippen molar-refractivity contribution in [1.82, 2.24) is 10.3 Å². The van der Waals surface area contributed by atoms with E-state index < -0.39 is 0 Å². The second-order valence-electron chi connectivity index (χ2n) is 5.02. The zero-order chi connectivity index (χ0) is 14.5. The molecule has 1 aromatic carbocycles. The highest BCUT2D eigenvalue weighted by atomic mass is 32.1. The molecule has 0 saturated heterocycles. The first-order valence-corrected chi connectivity index (χ1v) is 8.30. The standard InChI is InChI=1S/C16H20N2O2S/c1-2-6-17-10-16-18-13(11-21-16)12-4-5-14-15(9-12)20-8-3-7-19-14/h4-5,9,11,17H,2-3,6-8,10H2,1H3. The van der Waals surface area contributed by atoms with Crippen molar-refractivity contribution < 1.29 is 9.47 Å². The topological polar surface area (TPSA) is 43.4 Å². The third-order valence-electron chi connectivity index (χ3n) is 3.30. The number of aromatic nitrogens is 1. The maximum atomic E-state index is 5.74. The summed E-state index contributed by atoms with van der Waals surface area (Å²) in [7, 11) is 0.